The van der Waals surface area contributed by atoms with Crippen molar-refractivity contribution in [3.05, 3.63) is 36.9 Å². The zero-order chi connectivity index (χ0) is 18.6. The van der Waals surface area contributed by atoms with Crippen LogP contribution in [-0.4, -0.2) is 43.5 Å². The molecule has 1 atom stereocenters. The van der Waals surface area contributed by atoms with E-state index >= 15 is 0 Å². The van der Waals surface area contributed by atoms with Gasteiger partial charge in [0.1, 0.15) is 5.78 Å². The number of hydrogen-bond donors (Lipinski definition) is 2. The largest absolute Gasteiger partial charge is 0.323 e. The van der Waals surface area contributed by atoms with Gasteiger partial charge >= 0.3 is 0 Å². The summed E-state index contributed by atoms with van der Waals surface area (Å²) in [6, 6.07) is 5.46. The van der Waals surface area contributed by atoms with Gasteiger partial charge in [-0.25, -0.2) is 8.42 Å². The van der Waals surface area contributed by atoms with E-state index in [0.29, 0.717) is 31.6 Å². The zero-order valence-corrected chi connectivity index (χ0v) is 15.0. The Morgan fingerprint density at radius 1 is 1.28 bits per heavy atom. The Balaban J connectivity index is 2.06. The van der Waals surface area contributed by atoms with Crippen molar-refractivity contribution in [2.45, 2.75) is 30.7 Å². The monoisotopic (exact) mass is 365 g/mol. The van der Waals surface area contributed by atoms with E-state index in [2.05, 4.69) is 11.9 Å². The summed E-state index contributed by atoms with van der Waals surface area (Å²) in [4.78, 5) is 22.8. The molecule has 0 bridgehead atoms. The summed E-state index contributed by atoms with van der Waals surface area (Å²) in [6.07, 6.45) is 2.27. The summed E-state index contributed by atoms with van der Waals surface area (Å²) in [5.41, 5.74) is 6.36. The quantitative estimate of drug-likeness (QED) is 0.735. The number of hydrogen-bond acceptors (Lipinski definition) is 5. The Kier molecular flexibility index (Phi) is 6.10. The number of Topliss-reactive ketones (excluding diaryl/α,β-unsaturated/α-hetero) is 1. The van der Waals surface area contributed by atoms with Crippen molar-refractivity contribution < 1.29 is 18.0 Å². The van der Waals surface area contributed by atoms with Gasteiger partial charge in [-0.05, 0) is 56.0 Å². The van der Waals surface area contributed by atoms with E-state index in [0.717, 1.165) is 6.08 Å². The van der Waals surface area contributed by atoms with Crippen LogP contribution in [0.4, 0.5) is 5.69 Å². The van der Waals surface area contributed by atoms with Crippen LogP contribution in [0.15, 0.2) is 41.8 Å². The van der Waals surface area contributed by atoms with Crippen molar-refractivity contribution in [2.75, 3.05) is 18.4 Å². The molecule has 1 heterocycles. The van der Waals surface area contributed by atoms with E-state index in [9.17, 15) is 18.0 Å². The molecule has 1 aliphatic heterocycles. The molecule has 8 heteroatoms. The third-order valence-electron chi connectivity index (χ3n) is 4.42. The molecular weight excluding hydrogens is 342 g/mol. The molecule has 1 aliphatic rings. The number of amides is 1. The highest BCUT2D eigenvalue weighted by Crippen LogP contribution is 2.26. The standard InChI is InChI=1S/C17H23N3O4S/c1-3-16(22)19-14-4-6-15(7-5-14)25(23,24)20-10-8-13(9-11-20)17(18)12(2)21/h3-7,13,17H,1,8-11,18H2,2H3,(H,19,22). The molecule has 0 aliphatic carbocycles. The topological polar surface area (TPSA) is 110 Å². The van der Waals surface area contributed by atoms with E-state index < -0.39 is 16.1 Å². The predicted octanol–water partition coefficient (Wildman–Crippen LogP) is 1.13. The fourth-order valence-electron chi connectivity index (χ4n) is 2.86. The number of nitrogens with one attached hydrogen (secondary N) is 1. The van der Waals surface area contributed by atoms with Crippen LogP contribution in [-0.2, 0) is 19.6 Å². The Labute approximate surface area is 147 Å². The van der Waals surface area contributed by atoms with Gasteiger partial charge in [-0.3, -0.25) is 9.59 Å². The molecule has 0 aromatic heterocycles. The number of rotatable bonds is 6. The van der Waals surface area contributed by atoms with E-state index in [1.54, 1.807) is 0 Å². The average Bonchev–Trinajstić information content (AvgIpc) is 2.61. The van der Waals surface area contributed by atoms with Gasteiger partial charge in [0, 0.05) is 18.8 Å². The van der Waals surface area contributed by atoms with Crippen molar-refractivity contribution in [1.29, 1.82) is 0 Å². The van der Waals surface area contributed by atoms with Crippen molar-refractivity contribution in [3.63, 3.8) is 0 Å². The number of benzene rings is 1. The molecule has 136 valence electrons. The highest BCUT2D eigenvalue weighted by molar-refractivity contribution is 7.89. The molecule has 7 nitrogen and oxygen atoms in total. The maximum atomic E-state index is 12.7. The minimum Gasteiger partial charge on any atom is -0.323 e. The highest BCUT2D eigenvalue weighted by atomic mass is 32.2. The molecule has 0 radical (unpaired) electrons. The fraction of sp³-hybridized carbons (Fsp3) is 0.412. The van der Waals surface area contributed by atoms with E-state index in [1.165, 1.54) is 35.5 Å². The van der Waals surface area contributed by atoms with Crippen LogP contribution >= 0.6 is 0 Å². The number of piperidine rings is 1. The molecule has 1 fully saturated rings. The maximum absolute atomic E-state index is 12.7. The SMILES string of the molecule is C=CC(=O)Nc1ccc(S(=O)(=O)N2CCC(C(N)C(C)=O)CC2)cc1. The first-order valence-corrected chi connectivity index (χ1v) is 9.49. The number of nitrogens with two attached hydrogens (primary N) is 1. The molecule has 3 N–H and O–H groups in total. The number of sulfonamides is 1. The minimum atomic E-state index is -3.61. The van der Waals surface area contributed by atoms with Gasteiger partial charge in [0.25, 0.3) is 0 Å². The number of nitrogens with zero attached hydrogens (tertiary/aromatic N) is 1. The molecule has 1 aromatic rings. The molecule has 25 heavy (non-hydrogen) atoms. The van der Waals surface area contributed by atoms with Crippen molar-refractivity contribution >= 4 is 27.4 Å². The Bertz CT molecular complexity index is 751. The van der Waals surface area contributed by atoms with Gasteiger partial charge < -0.3 is 11.1 Å². The highest BCUT2D eigenvalue weighted by Gasteiger charge is 2.32. The first-order chi connectivity index (χ1) is 11.8. The summed E-state index contributed by atoms with van der Waals surface area (Å²) in [5, 5.41) is 2.57. The third-order valence-corrected chi connectivity index (χ3v) is 6.33. The first-order valence-electron chi connectivity index (χ1n) is 8.05. The third kappa shape index (κ3) is 4.53. The van der Waals surface area contributed by atoms with Gasteiger partial charge in [0.15, 0.2) is 0 Å². The maximum Gasteiger partial charge on any atom is 0.247 e. The van der Waals surface area contributed by atoms with Gasteiger partial charge in [0.05, 0.1) is 10.9 Å². The second kappa shape index (κ2) is 7.90. The van der Waals surface area contributed by atoms with Crippen LogP contribution in [0.3, 0.4) is 0 Å². The number of ketones is 1. The molecular formula is C17H23N3O4S. The first kappa shape index (κ1) is 19.3. The molecule has 1 aromatic carbocycles. The van der Waals surface area contributed by atoms with Crippen molar-refractivity contribution in [3.8, 4) is 0 Å². The Morgan fingerprint density at radius 3 is 2.32 bits per heavy atom. The summed E-state index contributed by atoms with van der Waals surface area (Å²) < 4.78 is 26.8. The summed E-state index contributed by atoms with van der Waals surface area (Å²) in [7, 11) is -3.61. The van der Waals surface area contributed by atoms with E-state index in [-0.39, 0.29) is 22.5 Å². The van der Waals surface area contributed by atoms with Crippen LogP contribution in [0.1, 0.15) is 19.8 Å². The summed E-state index contributed by atoms with van der Waals surface area (Å²) in [5.74, 6) is -0.418. The molecule has 2 rings (SSSR count). The van der Waals surface area contributed by atoms with Crippen LogP contribution < -0.4 is 11.1 Å². The van der Waals surface area contributed by atoms with Crippen LogP contribution in [0, 0.1) is 5.92 Å². The molecule has 1 amide bonds. The normalized spacial score (nSPS) is 17.7. The van der Waals surface area contributed by atoms with E-state index in [4.69, 9.17) is 5.73 Å². The Morgan fingerprint density at radius 2 is 1.84 bits per heavy atom. The number of carbonyl (C=O) groups excluding carboxylic acids is 2. The van der Waals surface area contributed by atoms with Crippen molar-refractivity contribution in [1.82, 2.24) is 4.31 Å². The molecule has 1 unspecified atom stereocenters. The van der Waals surface area contributed by atoms with Gasteiger partial charge in [-0.2, -0.15) is 4.31 Å². The number of carbonyl (C=O) groups is 2. The Hall–Kier alpha value is -2.03. The zero-order valence-electron chi connectivity index (χ0n) is 14.1. The molecule has 0 spiro atoms. The average molecular weight is 365 g/mol. The van der Waals surface area contributed by atoms with Crippen LogP contribution in [0.25, 0.3) is 0 Å². The van der Waals surface area contributed by atoms with Gasteiger partial charge in [0.2, 0.25) is 15.9 Å². The second-order valence-corrected chi connectivity index (χ2v) is 8.03. The lowest BCUT2D eigenvalue weighted by atomic mass is 9.89. The van der Waals surface area contributed by atoms with Gasteiger partial charge in [-0.15, -0.1) is 0 Å². The van der Waals surface area contributed by atoms with Gasteiger partial charge in [-0.1, -0.05) is 6.58 Å². The summed E-state index contributed by atoms with van der Waals surface area (Å²) >= 11 is 0. The van der Waals surface area contributed by atoms with Crippen LogP contribution in [0.5, 0.6) is 0 Å². The number of anilines is 1. The summed E-state index contributed by atoms with van der Waals surface area (Å²) in [6.45, 7) is 5.49. The predicted molar refractivity (Wildman–Crippen MR) is 95.4 cm³/mol. The lowest BCUT2D eigenvalue weighted by Crippen LogP contribution is -2.45. The fourth-order valence-corrected chi connectivity index (χ4v) is 4.33. The smallest absolute Gasteiger partial charge is 0.247 e. The van der Waals surface area contributed by atoms with Crippen molar-refractivity contribution in [2.24, 2.45) is 11.7 Å². The molecule has 1 saturated heterocycles. The second-order valence-electron chi connectivity index (χ2n) is 6.10. The van der Waals surface area contributed by atoms with E-state index in [1.807, 2.05) is 0 Å². The van der Waals surface area contributed by atoms with Crippen LogP contribution in [0.2, 0.25) is 0 Å². The molecule has 0 saturated carbocycles. The lowest BCUT2D eigenvalue weighted by molar-refractivity contribution is -0.119. The lowest BCUT2D eigenvalue weighted by Gasteiger charge is -2.33. The minimum absolute atomic E-state index is 0.0143.